The van der Waals surface area contributed by atoms with Crippen LogP contribution in [-0.2, 0) is 23.7 Å². The molecule has 0 aromatic rings. The van der Waals surface area contributed by atoms with Crippen molar-refractivity contribution in [2.75, 3.05) is 27.5 Å². The van der Waals surface area contributed by atoms with Crippen LogP contribution in [0.4, 0.5) is 0 Å². The van der Waals surface area contributed by atoms with E-state index in [4.69, 9.17) is 18.9 Å². The lowest BCUT2D eigenvalue weighted by atomic mass is 9.54. The third-order valence-electron chi connectivity index (χ3n) is 7.77. The van der Waals surface area contributed by atoms with Crippen molar-refractivity contribution in [1.82, 2.24) is 4.90 Å². The van der Waals surface area contributed by atoms with Crippen LogP contribution in [0.5, 0.6) is 0 Å². The second-order valence-electron chi connectivity index (χ2n) is 8.60. The summed E-state index contributed by atoms with van der Waals surface area (Å²) in [4.78, 5) is 15.4. The number of hydrogen-bond acceptors (Lipinski definition) is 6. The highest BCUT2D eigenvalue weighted by atomic mass is 16.7. The average molecular weight is 387 g/mol. The molecule has 152 valence electrons. The smallest absolute Gasteiger partial charge is 0.335 e. The van der Waals surface area contributed by atoms with Crippen molar-refractivity contribution < 1.29 is 23.7 Å². The first kappa shape index (κ1) is 18.3. The van der Waals surface area contributed by atoms with Crippen LogP contribution in [0.3, 0.4) is 0 Å². The van der Waals surface area contributed by atoms with E-state index in [9.17, 15) is 4.79 Å². The number of hydrogen-bond donors (Lipinski definition) is 0. The first-order valence-corrected chi connectivity index (χ1v) is 10.4. The molecule has 6 rings (SSSR count). The summed E-state index contributed by atoms with van der Waals surface area (Å²) >= 11 is 0. The minimum atomic E-state index is -0.291. The molecule has 28 heavy (non-hydrogen) atoms. The Morgan fingerprint density at radius 3 is 2.82 bits per heavy atom. The Bertz CT molecular complexity index is 829. The van der Waals surface area contributed by atoms with Gasteiger partial charge in [-0.1, -0.05) is 32.4 Å². The molecule has 2 saturated heterocycles. The number of nitrogens with zero attached hydrogens (tertiary/aromatic N) is 1. The number of carbonyl (C=O) groups excluding carboxylic acids is 1. The molecular formula is C22H29NO5. The average Bonchev–Trinajstić information content (AvgIpc) is 3.09. The summed E-state index contributed by atoms with van der Waals surface area (Å²) < 4.78 is 23.2. The van der Waals surface area contributed by atoms with Gasteiger partial charge >= 0.3 is 5.97 Å². The lowest BCUT2D eigenvalue weighted by Crippen LogP contribution is -2.65. The van der Waals surface area contributed by atoms with Crippen LogP contribution in [0.2, 0.25) is 0 Å². The van der Waals surface area contributed by atoms with E-state index in [-0.39, 0.29) is 47.8 Å². The highest BCUT2D eigenvalue weighted by molar-refractivity contribution is 5.94. The molecule has 6 atom stereocenters. The quantitative estimate of drug-likeness (QED) is 0.509. The summed E-state index contributed by atoms with van der Waals surface area (Å²) in [6.45, 7) is 7.56. The maximum atomic E-state index is 13.0. The van der Waals surface area contributed by atoms with Gasteiger partial charge in [-0.05, 0) is 26.0 Å². The van der Waals surface area contributed by atoms with Crippen molar-refractivity contribution in [2.45, 2.75) is 51.9 Å². The molecule has 6 nitrogen and oxygen atoms in total. The maximum Gasteiger partial charge on any atom is 0.335 e. The number of likely N-dealkylation sites (N-methyl/N-ethyl adjacent to an activating group) is 1. The minimum Gasteiger partial charge on any atom is -0.458 e. The number of rotatable bonds is 1. The molecule has 0 bridgehead atoms. The molecule has 0 N–H and O–H groups in total. The van der Waals surface area contributed by atoms with Gasteiger partial charge in [0.2, 0.25) is 6.79 Å². The second kappa shape index (κ2) is 5.86. The Morgan fingerprint density at radius 2 is 2.07 bits per heavy atom. The topological polar surface area (TPSA) is 57.2 Å². The zero-order chi connectivity index (χ0) is 19.8. The van der Waals surface area contributed by atoms with Crippen molar-refractivity contribution in [2.24, 2.45) is 16.7 Å². The number of likely N-dealkylation sites (tertiary alicyclic amines) is 1. The van der Waals surface area contributed by atoms with E-state index in [0.717, 1.165) is 30.7 Å². The van der Waals surface area contributed by atoms with E-state index in [0.29, 0.717) is 5.76 Å². The van der Waals surface area contributed by atoms with Crippen LogP contribution in [-0.4, -0.2) is 56.6 Å². The molecule has 3 aliphatic carbocycles. The minimum absolute atomic E-state index is 0.199. The fraction of sp³-hybridized carbons (Fsp3) is 0.682. The zero-order valence-corrected chi connectivity index (χ0v) is 17.3. The number of esters is 1. The Morgan fingerprint density at radius 1 is 1.29 bits per heavy atom. The fourth-order valence-electron chi connectivity index (χ4n) is 6.67. The molecule has 3 aliphatic heterocycles. The van der Waals surface area contributed by atoms with Gasteiger partial charge in [0.25, 0.3) is 0 Å². The number of methoxy groups -OCH3 is 1. The number of ether oxygens (including phenoxy) is 4. The Balaban J connectivity index is 0.000000829. The van der Waals surface area contributed by atoms with Gasteiger partial charge in [0, 0.05) is 42.0 Å². The molecule has 1 saturated carbocycles. The molecule has 6 aliphatic rings. The van der Waals surface area contributed by atoms with Gasteiger partial charge in [0.15, 0.2) is 5.76 Å². The van der Waals surface area contributed by atoms with Gasteiger partial charge < -0.3 is 18.9 Å². The summed E-state index contributed by atoms with van der Waals surface area (Å²) in [7, 11) is 3.88. The predicted octanol–water partition coefficient (Wildman–Crippen LogP) is 2.77. The Labute approximate surface area is 166 Å². The lowest BCUT2D eigenvalue weighted by Gasteiger charge is -2.57. The molecule has 0 aromatic heterocycles. The zero-order valence-electron chi connectivity index (χ0n) is 17.3. The van der Waals surface area contributed by atoms with Gasteiger partial charge in [0.1, 0.15) is 18.0 Å². The summed E-state index contributed by atoms with van der Waals surface area (Å²) in [5.74, 6) is 1.61. The number of carbonyl (C=O) groups is 1. The number of fused-ring (bicyclic) bond motifs is 4. The predicted molar refractivity (Wildman–Crippen MR) is 102 cm³/mol. The van der Waals surface area contributed by atoms with Gasteiger partial charge in [-0.3, -0.25) is 4.90 Å². The summed E-state index contributed by atoms with van der Waals surface area (Å²) in [5.41, 5.74) is 1.68. The SMILES string of the molecule is CC.CO[C@@H]1C=C2CCN(C)[C@@H]2[C@]2(C)[C@H]1OC(=O)C1=CC3=C(OCO3)C3CC132. The summed E-state index contributed by atoms with van der Waals surface area (Å²) in [6.07, 6.45) is 5.54. The van der Waals surface area contributed by atoms with Crippen molar-refractivity contribution in [1.29, 1.82) is 0 Å². The van der Waals surface area contributed by atoms with E-state index in [1.165, 1.54) is 5.57 Å². The molecular weight excluding hydrogens is 358 g/mol. The van der Waals surface area contributed by atoms with Crippen LogP contribution < -0.4 is 0 Å². The summed E-state index contributed by atoms with van der Waals surface area (Å²) in [5, 5.41) is 0. The van der Waals surface area contributed by atoms with Crippen LogP contribution in [0, 0.1) is 16.7 Å². The van der Waals surface area contributed by atoms with E-state index >= 15 is 0 Å². The van der Waals surface area contributed by atoms with E-state index in [2.05, 4.69) is 24.9 Å². The molecule has 1 spiro atoms. The van der Waals surface area contributed by atoms with Crippen molar-refractivity contribution in [3.05, 3.63) is 34.8 Å². The first-order chi connectivity index (χ1) is 13.5. The second-order valence-corrected chi connectivity index (χ2v) is 8.60. The summed E-state index contributed by atoms with van der Waals surface area (Å²) in [6, 6.07) is 0.255. The van der Waals surface area contributed by atoms with Crippen molar-refractivity contribution in [3.63, 3.8) is 0 Å². The monoisotopic (exact) mass is 387 g/mol. The van der Waals surface area contributed by atoms with Gasteiger partial charge in [-0.2, -0.15) is 0 Å². The maximum absolute atomic E-state index is 13.0. The van der Waals surface area contributed by atoms with E-state index < -0.39 is 0 Å². The molecule has 0 aromatic carbocycles. The number of allylic oxidation sites excluding steroid dienone is 2. The highest BCUT2D eigenvalue weighted by Gasteiger charge is 2.80. The van der Waals surface area contributed by atoms with Crippen molar-refractivity contribution >= 4 is 5.97 Å². The highest BCUT2D eigenvalue weighted by Crippen LogP contribution is 2.78. The van der Waals surface area contributed by atoms with Crippen LogP contribution in [0.1, 0.15) is 33.6 Å². The Hall–Kier alpha value is -1.79. The molecule has 0 radical (unpaired) electrons. The molecule has 6 heteroatoms. The molecule has 2 unspecified atom stereocenters. The molecule has 3 fully saturated rings. The van der Waals surface area contributed by atoms with Gasteiger partial charge in [-0.15, -0.1) is 0 Å². The van der Waals surface area contributed by atoms with Crippen molar-refractivity contribution in [3.8, 4) is 0 Å². The first-order valence-electron chi connectivity index (χ1n) is 10.4. The fourth-order valence-corrected chi connectivity index (χ4v) is 6.67. The standard InChI is InChI=1S/C20H23NO5.C2H6/c1-19-16-10(4-5-21(16)2)6-14(23-3)17(19)26-18(22)11-7-13-15(25-9-24-13)12-8-20(11,12)19;1-2/h6-7,12,14,16-17H,4-5,8-9H2,1-3H3;1-2H3/t12?,14-,16+,17+,19-,20?;/m1./s1. The van der Waals surface area contributed by atoms with Gasteiger partial charge in [0.05, 0.1) is 0 Å². The van der Waals surface area contributed by atoms with Crippen LogP contribution in [0.15, 0.2) is 34.8 Å². The van der Waals surface area contributed by atoms with E-state index in [1.54, 1.807) is 7.11 Å². The molecule has 3 heterocycles. The third-order valence-corrected chi connectivity index (χ3v) is 7.77. The van der Waals surface area contributed by atoms with E-state index in [1.807, 2.05) is 19.9 Å². The van der Waals surface area contributed by atoms with Gasteiger partial charge in [-0.25, -0.2) is 4.79 Å². The lowest BCUT2D eigenvalue weighted by molar-refractivity contribution is -0.189. The van der Waals surface area contributed by atoms with Crippen LogP contribution in [0.25, 0.3) is 0 Å². The normalized spacial score (nSPS) is 44.8. The van der Waals surface area contributed by atoms with Crippen LogP contribution >= 0.6 is 0 Å². The molecule has 0 amide bonds. The largest absolute Gasteiger partial charge is 0.458 e. The third kappa shape index (κ3) is 1.88. The Kier molecular flexibility index (Phi) is 3.82.